The molecule has 6 nitrogen and oxygen atoms in total. The number of benzene rings is 2. The topological polar surface area (TPSA) is 75.7 Å². The Morgan fingerprint density at radius 3 is 2.64 bits per heavy atom. The van der Waals surface area contributed by atoms with E-state index in [1.807, 2.05) is 0 Å². The van der Waals surface area contributed by atoms with Gasteiger partial charge >= 0.3 is 0 Å². The van der Waals surface area contributed by atoms with Gasteiger partial charge in [0.15, 0.2) is 0 Å². The second-order valence-corrected chi connectivity index (χ2v) is 5.41. The quantitative estimate of drug-likeness (QED) is 0.842. The molecule has 3 rings (SSSR count). The van der Waals surface area contributed by atoms with Gasteiger partial charge in [-0.25, -0.2) is 4.39 Å². The maximum Gasteiger partial charge on any atom is 0.264 e. The fourth-order valence-electron chi connectivity index (χ4n) is 2.64. The van der Waals surface area contributed by atoms with Gasteiger partial charge in [0.25, 0.3) is 17.7 Å². The summed E-state index contributed by atoms with van der Waals surface area (Å²) in [6.45, 7) is 0.0185. The Kier molecular flexibility index (Phi) is 4.47. The summed E-state index contributed by atoms with van der Waals surface area (Å²) in [4.78, 5) is 37.4. The van der Waals surface area contributed by atoms with Crippen LogP contribution in [0.3, 0.4) is 0 Å². The number of nitrogens with one attached hydrogen (secondary N) is 1. The van der Waals surface area contributed by atoms with Gasteiger partial charge in [-0.3, -0.25) is 19.3 Å². The van der Waals surface area contributed by atoms with Crippen molar-refractivity contribution >= 4 is 17.7 Å². The third kappa shape index (κ3) is 3.08. The monoisotopic (exact) mass is 342 g/mol. The highest BCUT2D eigenvalue weighted by molar-refractivity contribution is 6.21. The molecule has 1 aliphatic heterocycles. The van der Waals surface area contributed by atoms with Gasteiger partial charge in [-0.15, -0.1) is 0 Å². The zero-order chi connectivity index (χ0) is 18.0. The molecule has 1 heterocycles. The summed E-state index contributed by atoms with van der Waals surface area (Å²) in [6.07, 6.45) is 0. The Morgan fingerprint density at radius 2 is 1.92 bits per heavy atom. The molecule has 128 valence electrons. The number of hydrogen-bond donors (Lipinski definition) is 1. The summed E-state index contributed by atoms with van der Waals surface area (Å²) in [5, 5.41) is 2.63. The van der Waals surface area contributed by atoms with E-state index in [2.05, 4.69) is 5.32 Å². The van der Waals surface area contributed by atoms with Gasteiger partial charge in [0, 0.05) is 18.7 Å². The predicted octanol–water partition coefficient (Wildman–Crippen LogP) is 1.86. The van der Waals surface area contributed by atoms with Gasteiger partial charge in [-0.05, 0) is 30.3 Å². The molecule has 0 radical (unpaired) electrons. The highest BCUT2D eigenvalue weighted by Crippen LogP contribution is 2.24. The first-order chi connectivity index (χ1) is 12.0. The summed E-state index contributed by atoms with van der Waals surface area (Å²) in [7, 11) is 1.50. The van der Waals surface area contributed by atoms with E-state index in [1.54, 1.807) is 24.3 Å². The van der Waals surface area contributed by atoms with E-state index in [9.17, 15) is 18.8 Å². The standard InChI is InChI=1S/C18H15FN2O4/c1-25-12-5-2-4-11(10-12)16(22)20-8-9-21-17(23)13-6-3-7-14(19)15(13)18(21)24/h2-7,10H,8-9H2,1H3,(H,20,22). The summed E-state index contributed by atoms with van der Waals surface area (Å²) >= 11 is 0. The first-order valence-corrected chi connectivity index (χ1v) is 7.60. The smallest absolute Gasteiger partial charge is 0.264 e. The first kappa shape index (κ1) is 16.6. The molecule has 0 spiro atoms. The van der Waals surface area contributed by atoms with Crippen molar-refractivity contribution in [3.63, 3.8) is 0 Å². The molecule has 2 aromatic rings. The predicted molar refractivity (Wildman–Crippen MR) is 87.1 cm³/mol. The van der Waals surface area contributed by atoms with Gasteiger partial charge in [0.1, 0.15) is 11.6 Å². The number of carbonyl (C=O) groups is 3. The number of amides is 3. The number of fused-ring (bicyclic) bond motifs is 1. The SMILES string of the molecule is COc1cccc(C(=O)NCCN2C(=O)c3cccc(F)c3C2=O)c1. The van der Waals surface area contributed by atoms with Crippen molar-refractivity contribution in [3.8, 4) is 5.75 Å². The molecule has 0 saturated carbocycles. The zero-order valence-corrected chi connectivity index (χ0v) is 13.4. The van der Waals surface area contributed by atoms with E-state index < -0.39 is 17.6 Å². The number of halogens is 1. The lowest BCUT2D eigenvalue weighted by atomic mass is 10.1. The van der Waals surface area contributed by atoms with Crippen molar-refractivity contribution in [3.05, 3.63) is 65.0 Å². The van der Waals surface area contributed by atoms with E-state index >= 15 is 0 Å². The average Bonchev–Trinajstić information content (AvgIpc) is 2.87. The molecule has 2 aromatic carbocycles. The minimum atomic E-state index is -0.723. The van der Waals surface area contributed by atoms with Crippen LogP contribution in [0.25, 0.3) is 0 Å². The molecule has 25 heavy (non-hydrogen) atoms. The minimum Gasteiger partial charge on any atom is -0.497 e. The molecule has 1 aliphatic rings. The van der Waals surface area contributed by atoms with Gasteiger partial charge in [-0.2, -0.15) is 0 Å². The van der Waals surface area contributed by atoms with Crippen molar-refractivity contribution in [2.24, 2.45) is 0 Å². The minimum absolute atomic E-state index is 0.0402. The van der Waals surface area contributed by atoms with Crippen LogP contribution in [0.5, 0.6) is 5.75 Å². The van der Waals surface area contributed by atoms with Crippen molar-refractivity contribution in [1.29, 1.82) is 0 Å². The zero-order valence-electron chi connectivity index (χ0n) is 13.4. The second kappa shape index (κ2) is 6.72. The highest BCUT2D eigenvalue weighted by Gasteiger charge is 2.37. The van der Waals surface area contributed by atoms with E-state index in [0.29, 0.717) is 11.3 Å². The highest BCUT2D eigenvalue weighted by atomic mass is 19.1. The number of carbonyl (C=O) groups excluding carboxylic acids is 3. The molecule has 0 saturated heterocycles. The Morgan fingerprint density at radius 1 is 1.16 bits per heavy atom. The number of methoxy groups -OCH3 is 1. The molecule has 0 aliphatic carbocycles. The van der Waals surface area contributed by atoms with Crippen molar-refractivity contribution in [2.75, 3.05) is 20.2 Å². The van der Waals surface area contributed by atoms with Crippen LogP contribution in [0.4, 0.5) is 4.39 Å². The summed E-state index contributed by atoms with van der Waals surface area (Å²) in [5.74, 6) is -1.78. The molecule has 7 heteroatoms. The first-order valence-electron chi connectivity index (χ1n) is 7.60. The lowest BCUT2D eigenvalue weighted by Crippen LogP contribution is -2.38. The van der Waals surface area contributed by atoms with Crippen LogP contribution in [-0.4, -0.2) is 42.8 Å². The van der Waals surface area contributed by atoms with Gasteiger partial charge in [-0.1, -0.05) is 12.1 Å². The maximum atomic E-state index is 13.7. The number of nitrogens with zero attached hydrogens (tertiary/aromatic N) is 1. The number of ether oxygens (including phenoxy) is 1. The van der Waals surface area contributed by atoms with Crippen molar-refractivity contribution < 1.29 is 23.5 Å². The van der Waals surface area contributed by atoms with Crippen molar-refractivity contribution in [1.82, 2.24) is 10.2 Å². The Bertz CT molecular complexity index is 866. The number of rotatable bonds is 5. The van der Waals surface area contributed by atoms with Crippen LogP contribution < -0.4 is 10.1 Å². The molecule has 3 amide bonds. The second-order valence-electron chi connectivity index (χ2n) is 5.41. The van der Waals surface area contributed by atoms with Gasteiger partial charge in [0.2, 0.25) is 0 Å². The molecule has 0 bridgehead atoms. The summed E-state index contributed by atoms with van der Waals surface area (Å²) in [6, 6.07) is 10.5. The fraction of sp³-hybridized carbons (Fsp3) is 0.167. The Hall–Kier alpha value is -3.22. The summed E-state index contributed by atoms with van der Waals surface area (Å²) < 4.78 is 18.8. The lowest BCUT2D eigenvalue weighted by Gasteiger charge is -2.14. The van der Waals surface area contributed by atoms with Crippen LogP contribution in [-0.2, 0) is 0 Å². The molecule has 0 fully saturated rings. The van der Waals surface area contributed by atoms with E-state index in [0.717, 1.165) is 11.0 Å². The maximum absolute atomic E-state index is 13.7. The molecular formula is C18H15FN2O4. The Balaban J connectivity index is 1.63. The van der Waals surface area contributed by atoms with Crippen molar-refractivity contribution in [2.45, 2.75) is 0 Å². The molecule has 1 N–H and O–H groups in total. The number of hydrogen-bond acceptors (Lipinski definition) is 4. The van der Waals surface area contributed by atoms with Crippen LogP contribution in [0.15, 0.2) is 42.5 Å². The van der Waals surface area contributed by atoms with Crippen LogP contribution in [0, 0.1) is 5.82 Å². The number of imide groups is 1. The molecule has 0 aromatic heterocycles. The Labute approximate surface area is 143 Å². The fourth-order valence-corrected chi connectivity index (χ4v) is 2.64. The average molecular weight is 342 g/mol. The normalized spacial score (nSPS) is 13.0. The van der Waals surface area contributed by atoms with Gasteiger partial charge in [0.05, 0.1) is 18.2 Å². The van der Waals surface area contributed by atoms with Crippen LogP contribution in [0.2, 0.25) is 0 Å². The van der Waals surface area contributed by atoms with E-state index in [1.165, 1.54) is 19.2 Å². The third-order valence-corrected chi connectivity index (χ3v) is 3.90. The third-order valence-electron chi connectivity index (χ3n) is 3.90. The molecule has 0 atom stereocenters. The van der Waals surface area contributed by atoms with Crippen LogP contribution in [0.1, 0.15) is 31.1 Å². The lowest BCUT2D eigenvalue weighted by molar-refractivity contribution is 0.0648. The molecule has 0 unspecified atom stereocenters. The molecular weight excluding hydrogens is 327 g/mol. The van der Waals surface area contributed by atoms with E-state index in [4.69, 9.17) is 4.74 Å². The van der Waals surface area contributed by atoms with E-state index in [-0.39, 0.29) is 30.1 Å². The van der Waals surface area contributed by atoms with Crippen LogP contribution >= 0.6 is 0 Å². The van der Waals surface area contributed by atoms with Gasteiger partial charge < -0.3 is 10.1 Å². The summed E-state index contributed by atoms with van der Waals surface area (Å²) in [5.41, 5.74) is 0.225. The largest absolute Gasteiger partial charge is 0.497 e.